The summed E-state index contributed by atoms with van der Waals surface area (Å²) in [6, 6.07) is 13.9. The molecule has 1 aromatic heterocycles. The molecule has 0 radical (unpaired) electrons. The maximum absolute atomic E-state index is 13.0. The largest absolute Gasteiger partial charge is 0.489 e. The Balaban J connectivity index is 1.63. The van der Waals surface area contributed by atoms with E-state index in [9.17, 15) is 14.0 Å². The second-order valence-electron chi connectivity index (χ2n) is 7.23. The molecule has 1 atom stereocenters. The molecule has 0 aliphatic rings. The van der Waals surface area contributed by atoms with Crippen LogP contribution in [0.2, 0.25) is 0 Å². The summed E-state index contributed by atoms with van der Waals surface area (Å²) in [5.41, 5.74) is 2.05. The highest BCUT2D eigenvalue weighted by Crippen LogP contribution is 2.23. The van der Waals surface area contributed by atoms with E-state index in [0.717, 1.165) is 11.1 Å². The number of hydrogen-bond donors (Lipinski definition) is 1. The number of esters is 1. The molecule has 0 aliphatic carbocycles. The monoisotopic (exact) mass is 426 g/mol. The number of hydrogen-bond acceptors (Lipinski definition) is 6. The van der Waals surface area contributed by atoms with Crippen LogP contribution in [0.1, 0.15) is 30.0 Å². The molecule has 8 heteroatoms. The maximum Gasteiger partial charge on any atom is 0.328 e. The molecule has 31 heavy (non-hydrogen) atoms. The molecule has 3 aromatic rings. The van der Waals surface area contributed by atoms with Gasteiger partial charge in [0.05, 0.1) is 7.11 Å². The zero-order valence-corrected chi connectivity index (χ0v) is 17.4. The zero-order valence-electron chi connectivity index (χ0n) is 17.4. The fraction of sp³-hybridized carbons (Fsp3) is 0.261. The van der Waals surface area contributed by atoms with E-state index in [1.807, 2.05) is 0 Å². The minimum absolute atomic E-state index is 0.0128. The fourth-order valence-electron chi connectivity index (χ4n) is 2.82. The first-order chi connectivity index (χ1) is 14.9. The normalized spacial score (nSPS) is 11.8. The van der Waals surface area contributed by atoms with Crippen molar-refractivity contribution in [2.45, 2.75) is 26.5 Å². The van der Waals surface area contributed by atoms with Crippen LogP contribution in [0.3, 0.4) is 0 Å². The highest BCUT2D eigenvalue weighted by molar-refractivity contribution is 5.95. The Bertz CT molecular complexity index is 1030. The average molecular weight is 426 g/mol. The molecule has 1 heterocycles. The smallest absolute Gasteiger partial charge is 0.328 e. The lowest BCUT2D eigenvalue weighted by molar-refractivity contribution is -0.144. The summed E-state index contributed by atoms with van der Waals surface area (Å²) in [6.07, 6.45) is 0. The molecule has 0 spiro atoms. The number of ether oxygens (including phenoxy) is 2. The molecule has 0 fully saturated rings. The van der Waals surface area contributed by atoms with Crippen molar-refractivity contribution in [3.63, 3.8) is 0 Å². The van der Waals surface area contributed by atoms with Crippen molar-refractivity contribution in [1.29, 1.82) is 0 Å². The molecule has 0 aliphatic heterocycles. The van der Waals surface area contributed by atoms with E-state index in [1.165, 1.54) is 25.3 Å². The fourth-order valence-corrected chi connectivity index (χ4v) is 2.82. The summed E-state index contributed by atoms with van der Waals surface area (Å²) in [5, 5.41) is 6.53. The highest BCUT2D eigenvalue weighted by Gasteiger charge is 2.27. The lowest BCUT2D eigenvalue weighted by Gasteiger charge is -2.18. The van der Waals surface area contributed by atoms with E-state index in [2.05, 4.69) is 10.5 Å². The third-order valence-electron chi connectivity index (χ3n) is 4.61. The minimum atomic E-state index is -0.788. The van der Waals surface area contributed by atoms with Gasteiger partial charge in [-0.3, -0.25) is 4.79 Å². The number of aromatic nitrogens is 1. The lowest BCUT2D eigenvalue weighted by atomic mass is 10.0. The SMILES string of the molecule is COC(=O)C(NC(=O)c1cc(-c2ccc(OCc3ccc(F)cc3)cc2)no1)C(C)C. The summed E-state index contributed by atoms with van der Waals surface area (Å²) in [6.45, 7) is 3.91. The van der Waals surface area contributed by atoms with Crippen LogP contribution in [0, 0.1) is 11.7 Å². The van der Waals surface area contributed by atoms with Gasteiger partial charge in [-0.2, -0.15) is 0 Å². The van der Waals surface area contributed by atoms with Crippen LogP contribution in [0.15, 0.2) is 59.1 Å². The van der Waals surface area contributed by atoms with Crippen molar-refractivity contribution >= 4 is 11.9 Å². The molecule has 3 rings (SSSR count). The van der Waals surface area contributed by atoms with Crippen molar-refractivity contribution in [3.8, 4) is 17.0 Å². The van der Waals surface area contributed by atoms with E-state index in [-0.39, 0.29) is 17.5 Å². The third kappa shape index (κ3) is 5.69. The Morgan fingerprint density at radius 3 is 2.39 bits per heavy atom. The van der Waals surface area contributed by atoms with Crippen LogP contribution in [-0.4, -0.2) is 30.2 Å². The van der Waals surface area contributed by atoms with Crippen molar-refractivity contribution in [1.82, 2.24) is 10.5 Å². The van der Waals surface area contributed by atoms with Gasteiger partial charge in [0.15, 0.2) is 0 Å². The van der Waals surface area contributed by atoms with Gasteiger partial charge in [0, 0.05) is 11.6 Å². The molecule has 0 saturated heterocycles. The third-order valence-corrected chi connectivity index (χ3v) is 4.61. The molecule has 1 amide bonds. The van der Waals surface area contributed by atoms with E-state index in [4.69, 9.17) is 14.0 Å². The molecule has 0 bridgehead atoms. The molecule has 1 unspecified atom stereocenters. The molecule has 7 nitrogen and oxygen atoms in total. The van der Waals surface area contributed by atoms with Crippen LogP contribution in [0.25, 0.3) is 11.3 Å². The number of methoxy groups -OCH3 is 1. The summed E-state index contributed by atoms with van der Waals surface area (Å²) in [5.74, 6) is -0.907. The Labute approximate surface area is 179 Å². The maximum atomic E-state index is 13.0. The van der Waals surface area contributed by atoms with Crippen molar-refractivity contribution in [2.75, 3.05) is 7.11 Å². The summed E-state index contributed by atoms with van der Waals surface area (Å²) < 4.78 is 28.5. The standard InChI is InChI=1S/C23H23FN2O5/c1-14(2)21(23(28)29-3)25-22(27)20-12-19(26-31-20)16-6-10-18(11-7-16)30-13-15-4-8-17(24)9-5-15/h4-12,14,21H,13H2,1-3H3,(H,25,27). The van der Waals surface area contributed by atoms with Gasteiger partial charge in [0.25, 0.3) is 5.91 Å². The van der Waals surface area contributed by atoms with Crippen LogP contribution < -0.4 is 10.1 Å². The van der Waals surface area contributed by atoms with Gasteiger partial charge < -0.3 is 19.3 Å². The lowest BCUT2D eigenvalue weighted by Crippen LogP contribution is -2.44. The Morgan fingerprint density at radius 1 is 1.10 bits per heavy atom. The number of carbonyl (C=O) groups excluding carboxylic acids is 2. The first kappa shape index (κ1) is 22.0. The number of benzene rings is 2. The molecular formula is C23H23FN2O5. The van der Waals surface area contributed by atoms with Crippen LogP contribution >= 0.6 is 0 Å². The van der Waals surface area contributed by atoms with Crippen LogP contribution in [-0.2, 0) is 16.1 Å². The quantitative estimate of drug-likeness (QED) is 0.548. The van der Waals surface area contributed by atoms with Gasteiger partial charge in [-0.1, -0.05) is 31.1 Å². The van der Waals surface area contributed by atoms with Crippen LogP contribution in [0.5, 0.6) is 5.75 Å². The number of rotatable bonds is 8. The first-order valence-corrected chi connectivity index (χ1v) is 9.70. The molecule has 2 aromatic carbocycles. The Kier molecular flexibility index (Phi) is 7.02. The van der Waals surface area contributed by atoms with Crippen molar-refractivity contribution in [2.24, 2.45) is 5.92 Å². The van der Waals surface area contributed by atoms with Gasteiger partial charge in [-0.15, -0.1) is 0 Å². The molecule has 0 saturated carbocycles. The predicted octanol–water partition coefficient (Wildman–Crippen LogP) is 3.99. The molecular weight excluding hydrogens is 403 g/mol. The summed E-state index contributed by atoms with van der Waals surface area (Å²) in [7, 11) is 1.27. The molecule has 162 valence electrons. The second-order valence-corrected chi connectivity index (χ2v) is 7.23. The summed E-state index contributed by atoms with van der Waals surface area (Å²) >= 11 is 0. The van der Waals surface area contributed by atoms with Crippen molar-refractivity contribution in [3.05, 3.63) is 71.7 Å². The number of nitrogens with zero attached hydrogens (tertiary/aromatic N) is 1. The van der Waals surface area contributed by atoms with E-state index >= 15 is 0 Å². The Morgan fingerprint density at radius 2 is 1.77 bits per heavy atom. The highest BCUT2D eigenvalue weighted by atomic mass is 19.1. The first-order valence-electron chi connectivity index (χ1n) is 9.70. The zero-order chi connectivity index (χ0) is 22.4. The molecule has 1 N–H and O–H groups in total. The predicted molar refractivity (Wildman–Crippen MR) is 111 cm³/mol. The van der Waals surface area contributed by atoms with Gasteiger partial charge in [-0.05, 0) is 47.9 Å². The van der Waals surface area contributed by atoms with Gasteiger partial charge in [0.1, 0.15) is 29.9 Å². The van der Waals surface area contributed by atoms with Gasteiger partial charge >= 0.3 is 5.97 Å². The minimum Gasteiger partial charge on any atom is -0.489 e. The van der Waals surface area contributed by atoms with E-state index in [1.54, 1.807) is 50.2 Å². The van der Waals surface area contributed by atoms with Crippen molar-refractivity contribution < 1.29 is 28.0 Å². The average Bonchev–Trinajstić information content (AvgIpc) is 3.27. The second kappa shape index (κ2) is 9.88. The van der Waals surface area contributed by atoms with Gasteiger partial charge in [0.2, 0.25) is 5.76 Å². The number of amides is 1. The van der Waals surface area contributed by atoms with Gasteiger partial charge in [-0.25, -0.2) is 9.18 Å². The van der Waals surface area contributed by atoms with E-state index in [0.29, 0.717) is 18.1 Å². The topological polar surface area (TPSA) is 90.7 Å². The van der Waals surface area contributed by atoms with E-state index < -0.39 is 17.9 Å². The number of halogens is 1. The van der Waals surface area contributed by atoms with Crippen LogP contribution in [0.4, 0.5) is 4.39 Å². The number of nitrogens with one attached hydrogen (secondary N) is 1. The summed E-state index contributed by atoms with van der Waals surface area (Å²) in [4.78, 5) is 24.2. The Hall–Kier alpha value is -3.68. The number of carbonyl (C=O) groups is 2.